The van der Waals surface area contributed by atoms with Gasteiger partial charge in [0.2, 0.25) is 5.91 Å². The van der Waals surface area contributed by atoms with E-state index in [4.69, 9.17) is 9.47 Å². The Morgan fingerprint density at radius 1 is 1.21 bits per heavy atom. The fourth-order valence-electron chi connectivity index (χ4n) is 2.82. The number of carbonyl (C=O) groups excluding carboxylic acids is 2. The molecule has 7 nitrogen and oxygen atoms in total. The molecule has 2 fully saturated rings. The van der Waals surface area contributed by atoms with E-state index in [9.17, 15) is 9.59 Å². The van der Waals surface area contributed by atoms with Crippen LogP contribution in [0, 0.1) is 0 Å². The van der Waals surface area contributed by atoms with Crippen molar-refractivity contribution in [2.24, 2.45) is 0 Å². The highest BCUT2D eigenvalue weighted by molar-refractivity contribution is 5.93. The Hall–Kier alpha value is -2.28. The standard InChI is InChI=1S/C17H23N3O4/c21-16-15(3-1-2-9-18-16)20-17(22)19-12-4-6-13(7-5-12)24-14-8-10-23-11-14/h4-7,14-15H,1-3,8-11H2,(H,18,21)(H2,19,20,22)/t14-,15+/m0/s1. The van der Waals surface area contributed by atoms with Crippen LogP contribution in [0.5, 0.6) is 5.75 Å². The first kappa shape index (κ1) is 16.6. The fourth-order valence-corrected chi connectivity index (χ4v) is 2.82. The van der Waals surface area contributed by atoms with Crippen molar-refractivity contribution < 1.29 is 19.1 Å². The molecule has 0 unspecified atom stereocenters. The number of nitrogens with one attached hydrogen (secondary N) is 3. The maximum absolute atomic E-state index is 12.1. The molecular formula is C17H23N3O4. The van der Waals surface area contributed by atoms with E-state index in [0.29, 0.717) is 25.3 Å². The molecule has 1 aromatic carbocycles. The fraction of sp³-hybridized carbons (Fsp3) is 0.529. The van der Waals surface area contributed by atoms with Crippen LogP contribution in [0.1, 0.15) is 25.7 Å². The summed E-state index contributed by atoms with van der Waals surface area (Å²) < 4.78 is 11.1. The second-order valence-corrected chi connectivity index (χ2v) is 6.07. The molecule has 0 aliphatic carbocycles. The van der Waals surface area contributed by atoms with Crippen molar-refractivity contribution in [1.82, 2.24) is 10.6 Å². The van der Waals surface area contributed by atoms with Gasteiger partial charge in [0.25, 0.3) is 0 Å². The summed E-state index contributed by atoms with van der Waals surface area (Å²) in [5.74, 6) is 0.629. The lowest BCUT2D eigenvalue weighted by Crippen LogP contribution is -2.46. The molecule has 2 saturated heterocycles. The second-order valence-electron chi connectivity index (χ2n) is 6.07. The first-order chi connectivity index (χ1) is 11.7. The Bertz CT molecular complexity index is 570. The molecular weight excluding hydrogens is 310 g/mol. The Morgan fingerprint density at radius 2 is 2.04 bits per heavy atom. The van der Waals surface area contributed by atoms with Gasteiger partial charge in [-0.3, -0.25) is 4.79 Å². The summed E-state index contributed by atoms with van der Waals surface area (Å²) in [6.07, 6.45) is 3.52. The third-order valence-corrected chi connectivity index (χ3v) is 4.14. The van der Waals surface area contributed by atoms with Crippen molar-refractivity contribution >= 4 is 17.6 Å². The van der Waals surface area contributed by atoms with Crippen molar-refractivity contribution in [2.75, 3.05) is 25.1 Å². The van der Waals surface area contributed by atoms with Crippen LogP contribution in [0.3, 0.4) is 0 Å². The third-order valence-electron chi connectivity index (χ3n) is 4.14. The van der Waals surface area contributed by atoms with Gasteiger partial charge in [-0.1, -0.05) is 0 Å². The van der Waals surface area contributed by atoms with Crippen LogP contribution in [-0.4, -0.2) is 43.8 Å². The van der Waals surface area contributed by atoms with Gasteiger partial charge in [0.05, 0.1) is 13.2 Å². The van der Waals surface area contributed by atoms with E-state index in [-0.39, 0.29) is 18.0 Å². The van der Waals surface area contributed by atoms with Crippen molar-refractivity contribution in [3.05, 3.63) is 24.3 Å². The first-order valence-corrected chi connectivity index (χ1v) is 8.40. The Morgan fingerprint density at radius 3 is 2.79 bits per heavy atom. The average molecular weight is 333 g/mol. The SMILES string of the molecule is O=C(Nc1ccc(O[C@H]2CCOC2)cc1)N[C@@H]1CCCCNC1=O. The van der Waals surface area contributed by atoms with E-state index in [1.807, 2.05) is 12.1 Å². The number of hydrogen-bond acceptors (Lipinski definition) is 4. The van der Waals surface area contributed by atoms with Crippen LogP contribution in [0.2, 0.25) is 0 Å². The summed E-state index contributed by atoms with van der Waals surface area (Å²) in [7, 11) is 0. The Balaban J connectivity index is 1.49. The van der Waals surface area contributed by atoms with E-state index < -0.39 is 6.04 Å². The molecule has 1 aromatic rings. The average Bonchev–Trinajstić information content (AvgIpc) is 3.00. The van der Waals surface area contributed by atoms with Gasteiger partial charge in [-0.25, -0.2) is 4.79 Å². The zero-order valence-corrected chi connectivity index (χ0v) is 13.5. The van der Waals surface area contributed by atoms with Crippen molar-refractivity contribution in [2.45, 2.75) is 37.8 Å². The number of ether oxygens (including phenoxy) is 2. The highest BCUT2D eigenvalue weighted by Gasteiger charge is 2.22. The highest BCUT2D eigenvalue weighted by Crippen LogP contribution is 2.19. The maximum Gasteiger partial charge on any atom is 0.319 e. The van der Waals surface area contributed by atoms with Gasteiger partial charge in [-0.05, 0) is 43.5 Å². The van der Waals surface area contributed by atoms with Crippen molar-refractivity contribution in [3.8, 4) is 5.75 Å². The number of amides is 3. The predicted octanol–water partition coefficient (Wildman–Crippen LogP) is 1.64. The van der Waals surface area contributed by atoms with Crippen LogP contribution in [0.25, 0.3) is 0 Å². The quantitative estimate of drug-likeness (QED) is 0.781. The summed E-state index contributed by atoms with van der Waals surface area (Å²) >= 11 is 0. The van der Waals surface area contributed by atoms with E-state index in [0.717, 1.165) is 31.6 Å². The second kappa shape index (κ2) is 8.01. The molecule has 2 aliphatic rings. The zero-order chi connectivity index (χ0) is 16.8. The molecule has 130 valence electrons. The lowest BCUT2D eigenvalue weighted by molar-refractivity contribution is -0.122. The molecule has 7 heteroatoms. The topological polar surface area (TPSA) is 88.7 Å². The van der Waals surface area contributed by atoms with Crippen LogP contribution < -0.4 is 20.7 Å². The number of rotatable bonds is 4. The third kappa shape index (κ3) is 4.61. The van der Waals surface area contributed by atoms with Crippen molar-refractivity contribution in [1.29, 1.82) is 0 Å². The molecule has 0 radical (unpaired) electrons. The largest absolute Gasteiger partial charge is 0.488 e. The van der Waals surface area contributed by atoms with Gasteiger partial charge < -0.3 is 25.4 Å². The molecule has 0 bridgehead atoms. The summed E-state index contributed by atoms with van der Waals surface area (Å²) in [6.45, 7) is 2.03. The number of urea groups is 1. The molecule has 3 N–H and O–H groups in total. The molecule has 2 aliphatic heterocycles. The number of anilines is 1. The van der Waals surface area contributed by atoms with E-state index in [1.165, 1.54) is 0 Å². The van der Waals surface area contributed by atoms with Gasteiger partial charge in [0.1, 0.15) is 17.9 Å². The van der Waals surface area contributed by atoms with Gasteiger partial charge in [-0.15, -0.1) is 0 Å². The van der Waals surface area contributed by atoms with Crippen LogP contribution in [-0.2, 0) is 9.53 Å². The van der Waals surface area contributed by atoms with E-state index >= 15 is 0 Å². The molecule has 3 amide bonds. The lowest BCUT2D eigenvalue weighted by atomic mass is 10.1. The molecule has 2 atom stereocenters. The summed E-state index contributed by atoms with van der Waals surface area (Å²) in [4.78, 5) is 23.9. The summed E-state index contributed by atoms with van der Waals surface area (Å²) in [5.41, 5.74) is 0.650. The Kier molecular flexibility index (Phi) is 5.53. The Labute approximate surface area is 141 Å². The minimum Gasteiger partial charge on any atom is -0.488 e. The van der Waals surface area contributed by atoms with E-state index in [2.05, 4.69) is 16.0 Å². The molecule has 0 aromatic heterocycles. The lowest BCUT2D eigenvalue weighted by Gasteiger charge is -2.16. The molecule has 0 spiro atoms. The first-order valence-electron chi connectivity index (χ1n) is 8.40. The van der Waals surface area contributed by atoms with Crippen LogP contribution in [0.4, 0.5) is 10.5 Å². The van der Waals surface area contributed by atoms with Crippen LogP contribution in [0.15, 0.2) is 24.3 Å². The molecule has 0 saturated carbocycles. The zero-order valence-electron chi connectivity index (χ0n) is 13.5. The smallest absolute Gasteiger partial charge is 0.319 e. The highest BCUT2D eigenvalue weighted by atomic mass is 16.5. The van der Waals surface area contributed by atoms with Gasteiger partial charge in [0.15, 0.2) is 0 Å². The monoisotopic (exact) mass is 333 g/mol. The maximum atomic E-state index is 12.1. The minimum absolute atomic E-state index is 0.0980. The van der Waals surface area contributed by atoms with Crippen LogP contribution >= 0.6 is 0 Å². The molecule has 24 heavy (non-hydrogen) atoms. The predicted molar refractivity (Wildman–Crippen MR) is 89.1 cm³/mol. The molecule has 3 rings (SSSR count). The van der Waals surface area contributed by atoms with Gasteiger partial charge in [0, 0.05) is 18.7 Å². The number of hydrogen-bond donors (Lipinski definition) is 3. The summed E-state index contributed by atoms with van der Waals surface area (Å²) in [5, 5.41) is 8.26. The van der Waals surface area contributed by atoms with E-state index in [1.54, 1.807) is 12.1 Å². The summed E-state index contributed by atoms with van der Waals surface area (Å²) in [6, 6.07) is 6.32. The molecule has 2 heterocycles. The van der Waals surface area contributed by atoms with Gasteiger partial charge in [-0.2, -0.15) is 0 Å². The van der Waals surface area contributed by atoms with Crippen molar-refractivity contribution in [3.63, 3.8) is 0 Å². The van der Waals surface area contributed by atoms with Gasteiger partial charge >= 0.3 is 6.03 Å². The normalized spacial score (nSPS) is 23.9. The number of benzene rings is 1. The number of carbonyl (C=O) groups is 2. The minimum atomic E-state index is -0.475.